The molecule has 0 radical (unpaired) electrons. The van der Waals surface area contributed by atoms with Gasteiger partial charge in [0.15, 0.2) is 0 Å². The molecule has 0 fully saturated rings. The predicted molar refractivity (Wildman–Crippen MR) is 95.6 cm³/mol. The van der Waals surface area contributed by atoms with Crippen LogP contribution in [0.5, 0.6) is 0 Å². The van der Waals surface area contributed by atoms with Crippen molar-refractivity contribution in [3.05, 3.63) is 64.1 Å². The molecular formula is C18H19BrN2O2. The largest absolute Gasteiger partial charge is 0.349 e. The van der Waals surface area contributed by atoms with Crippen LogP contribution in [-0.2, 0) is 11.2 Å². The van der Waals surface area contributed by atoms with Crippen molar-refractivity contribution >= 4 is 33.4 Å². The predicted octanol–water partition coefficient (Wildman–Crippen LogP) is 3.72. The zero-order valence-electron chi connectivity index (χ0n) is 13.2. The molecule has 4 nitrogen and oxygen atoms in total. The lowest BCUT2D eigenvalue weighted by atomic mass is 10.1. The number of anilines is 1. The van der Waals surface area contributed by atoms with Crippen molar-refractivity contribution in [3.8, 4) is 0 Å². The minimum atomic E-state index is -0.145. The van der Waals surface area contributed by atoms with Gasteiger partial charge in [0, 0.05) is 36.2 Å². The Bertz CT molecular complexity index is 679. The van der Waals surface area contributed by atoms with Gasteiger partial charge in [-0.15, -0.1) is 0 Å². The molecular weight excluding hydrogens is 356 g/mol. The lowest BCUT2D eigenvalue weighted by Gasteiger charge is -2.10. The SMILES string of the molecule is CN(C)C(=O)CCc1ccc(NC(=O)c2ccc(Br)cc2)cc1. The van der Waals surface area contributed by atoms with Crippen LogP contribution in [0.25, 0.3) is 0 Å². The van der Waals surface area contributed by atoms with Crippen LogP contribution >= 0.6 is 15.9 Å². The topological polar surface area (TPSA) is 49.4 Å². The Morgan fingerprint density at radius 1 is 1.00 bits per heavy atom. The number of nitrogens with one attached hydrogen (secondary N) is 1. The van der Waals surface area contributed by atoms with Gasteiger partial charge in [0.05, 0.1) is 0 Å². The Labute approximate surface area is 144 Å². The minimum absolute atomic E-state index is 0.109. The van der Waals surface area contributed by atoms with E-state index in [1.165, 1.54) is 0 Å². The van der Waals surface area contributed by atoms with Gasteiger partial charge in [-0.05, 0) is 48.4 Å². The van der Waals surface area contributed by atoms with Crippen LogP contribution in [-0.4, -0.2) is 30.8 Å². The molecule has 0 unspecified atom stereocenters. The fourth-order valence-electron chi connectivity index (χ4n) is 2.03. The van der Waals surface area contributed by atoms with E-state index in [0.29, 0.717) is 18.4 Å². The normalized spacial score (nSPS) is 10.2. The Balaban J connectivity index is 1.93. The smallest absolute Gasteiger partial charge is 0.255 e. The average molecular weight is 375 g/mol. The van der Waals surface area contributed by atoms with Gasteiger partial charge < -0.3 is 10.2 Å². The van der Waals surface area contributed by atoms with Gasteiger partial charge in [0.1, 0.15) is 0 Å². The van der Waals surface area contributed by atoms with Crippen molar-refractivity contribution in [3.63, 3.8) is 0 Å². The summed E-state index contributed by atoms with van der Waals surface area (Å²) in [4.78, 5) is 25.3. The number of halogens is 1. The lowest BCUT2D eigenvalue weighted by Crippen LogP contribution is -2.21. The number of aryl methyl sites for hydroxylation is 1. The first kappa shape index (κ1) is 17.2. The van der Waals surface area contributed by atoms with Crippen molar-refractivity contribution < 1.29 is 9.59 Å². The fraction of sp³-hybridized carbons (Fsp3) is 0.222. The van der Waals surface area contributed by atoms with Crippen molar-refractivity contribution in [2.75, 3.05) is 19.4 Å². The number of benzene rings is 2. The van der Waals surface area contributed by atoms with Gasteiger partial charge in [-0.2, -0.15) is 0 Å². The van der Waals surface area contributed by atoms with Crippen LogP contribution in [0.2, 0.25) is 0 Å². The quantitative estimate of drug-likeness (QED) is 0.866. The molecule has 0 aliphatic carbocycles. The zero-order valence-corrected chi connectivity index (χ0v) is 14.8. The Morgan fingerprint density at radius 2 is 1.61 bits per heavy atom. The maximum Gasteiger partial charge on any atom is 0.255 e. The van der Waals surface area contributed by atoms with Crippen molar-refractivity contribution in [1.82, 2.24) is 4.90 Å². The van der Waals surface area contributed by atoms with Gasteiger partial charge in [0.25, 0.3) is 5.91 Å². The second-order valence-electron chi connectivity index (χ2n) is 5.45. The summed E-state index contributed by atoms with van der Waals surface area (Å²) >= 11 is 3.34. The molecule has 5 heteroatoms. The van der Waals surface area contributed by atoms with Gasteiger partial charge in [-0.1, -0.05) is 28.1 Å². The molecule has 0 aliphatic heterocycles. The number of hydrogen-bond acceptors (Lipinski definition) is 2. The highest BCUT2D eigenvalue weighted by atomic mass is 79.9. The van der Waals surface area contributed by atoms with E-state index in [4.69, 9.17) is 0 Å². The molecule has 2 rings (SSSR count). The first-order valence-corrected chi connectivity index (χ1v) is 8.11. The summed E-state index contributed by atoms with van der Waals surface area (Å²) in [6, 6.07) is 14.8. The van der Waals surface area contributed by atoms with Crippen molar-refractivity contribution in [1.29, 1.82) is 0 Å². The van der Waals surface area contributed by atoms with Gasteiger partial charge in [-0.3, -0.25) is 9.59 Å². The Morgan fingerprint density at radius 3 is 2.17 bits per heavy atom. The van der Waals surface area contributed by atoms with Gasteiger partial charge in [-0.25, -0.2) is 0 Å². The summed E-state index contributed by atoms with van der Waals surface area (Å²) in [6.07, 6.45) is 1.18. The standard InChI is InChI=1S/C18H19BrN2O2/c1-21(2)17(22)12-5-13-3-10-16(11-4-13)20-18(23)14-6-8-15(19)9-7-14/h3-4,6-11H,5,12H2,1-2H3,(H,20,23). The van der Waals surface area contributed by atoms with Gasteiger partial charge in [0.2, 0.25) is 5.91 Å². The number of rotatable bonds is 5. The third-order valence-corrected chi connectivity index (χ3v) is 3.97. The van der Waals surface area contributed by atoms with E-state index in [0.717, 1.165) is 15.7 Å². The van der Waals surface area contributed by atoms with E-state index in [1.54, 1.807) is 31.1 Å². The molecule has 0 heterocycles. The van der Waals surface area contributed by atoms with Crippen LogP contribution in [0.1, 0.15) is 22.3 Å². The summed E-state index contributed by atoms with van der Waals surface area (Å²) < 4.78 is 0.936. The zero-order chi connectivity index (χ0) is 16.8. The fourth-order valence-corrected chi connectivity index (χ4v) is 2.30. The van der Waals surface area contributed by atoms with E-state index < -0.39 is 0 Å². The first-order valence-electron chi connectivity index (χ1n) is 7.32. The highest BCUT2D eigenvalue weighted by molar-refractivity contribution is 9.10. The average Bonchev–Trinajstić information content (AvgIpc) is 2.54. The van der Waals surface area contributed by atoms with E-state index in [2.05, 4.69) is 21.2 Å². The van der Waals surface area contributed by atoms with Crippen LogP contribution in [0.15, 0.2) is 53.0 Å². The molecule has 0 bridgehead atoms. The molecule has 0 aliphatic rings. The van der Waals surface area contributed by atoms with Crippen LogP contribution in [0.4, 0.5) is 5.69 Å². The first-order chi connectivity index (χ1) is 11.0. The van der Waals surface area contributed by atoms with Crippen molar-refractivity contribution in [2.24, 2.45) is 0 Å². The summed E-state index contributed by atoms with van der Waals surface area (Å²) in [5.41, 5.74) is 2.41. The molecule has 1 N–H and O–H groups in total. The highest BCUT2D eigenvalue weighted by Crippen LogP contribution is 2.15. The lowest BCUT2D eigenvalue weighted by molar-refractivity contribution is -0.128. The molecule has 0 spiro atoms. The third kappa shape index (κ3) is 5.21. The summed E-state index contributed by atoms with van der Waals surface area (Å²) in [6.45, 7) is 0. The third-order valence-electron chi connectivity index (χ3n) is 3.44. The van der Waals surface area contributed by atoms with E-state index in [-0.39, 0.29) is 11.8 Å². The van der Waals surface area contributed by atoms with Gasteiger partial charge >= 0.3 is 0 Å². The molecule has 0 saturated heterocycles. The highest BCUT2D eigenvalue weighted by Gasteiger charge is 2.07. The molecule has 0 atom stereocenters. The molecule has 120 valence electrons. The number of carbonyl (C=O) groups excluding carboxylic acids is 2. The Kier molecular flexibility index (Phi) is 5.93. The number of hydrogen-bond donors (Lipinski definition) is 1. The number of carbonyl (C=O) groups is 2. The summed E-state index contributed by atoms with van der Waals surface area (Å²) in [5, 5.41) is 2.86. The molecule has 2 aromatic carbocycles. The maximum atomic E-state index is 12.1. The van der Waals surface area contributed by atoms with Crippen LogP contribution in [0.3, 0.4) is 0 Å². The monoisotopic (exact) mass is 374 g/mol. The van der Waals surface area contributed by atoms with E-state index in [1.807, 2.05) is 36.4 Å². The number of nitrogens with zero attached hydrogens (tertiary/aromatic N) is 1. The second kappa shape index (κ2) is 7.92. The van der Waals surface area contributed by atoms with Crippen LogP contribution < -0.4 is 5.32 Å². The summed E-state index contributed by atoms with van der Waals surface area (Å²) in [7, 11) is 3.51. The molecule has 23 heavy (non-hydrogen) atoms. The Hall–Kier alpha value is -2.14. The molecule has 0 saturated carbocycles. The van der Waals surface area contributed by atoms with Crippen molar-refractivity contribution in [2.45, 2.75) is 12.8 Å². The minimum Gasteiger partial charge on any atom is -0.349 e. The second-order valence-corrected chi connectivity index (χ2v) is 6.36. The summed E-state index contributed by atoms with van der Waals surface area (Å²) in [5.74, 6) is -0.0364. The molecule has 2 aromatic rings. The van der Waals surface area contributed by atoms with E-state index in [9.17, 15) is 9.59 Å². The maximum absolute atomic E-state index is 12.1. The van der Waals surface area contributed by atoms with E-state index >= 15 is 0 Å². The molecule has 0 aromatic heterocycles. The number of amides is 2. The molecule has 2 amide bonds. The van der Waals surface area contributed by atoms with Crippen LogP contribution in [0, 0.1) is 0 Å².